The van der Waals surface area contributed by atoms with Crippen LogP contribution in [0.1, 0.15) is 59.4 Å². The molecule has 3 aromatic rings. The molecule has 3 heterocycles. The Morgan fingerprint density at radius 1 is 1.13 bits per heavy atom. The SMILES string of the molecule is Cc1cc(Cc2ccccc2)cc([C@H]2CCCN(C(=O)CCc3nc(C)no3)C2)n1. The van der Waals surface area contributed by atoms with Crippen molar-refractivity contribution in [3.05, 3.63) is 76.7 Å². The van der Waals surface area contributed by atoms with Crippen molar-refractivity contribution in [1.82, 2.24) is 20.0 Å². The highest BCUT2D eigenvalue weighted by molar-refractivity contribution is 5.76. The first kappa shape index (κ1) is 20.3. The molecule has 6 nitrogen and oxygen atoms in total. The van der Waals surface area contributed by atoms with E-state index in [0.717, 1.165) is 43.7 Å². The summed E-state index contributed by atoms with van der Waals surface area (Å²) in [4.78, 5) is 23.7. The van der Waals surface area contributed by atoms with Crippen molar-refractivity contribution in [3.63, 3.8) is 0 Å². The number of nitrogens with zero attached hydrogens (tertiary/aromatic N) is 4. The largest absolute Gasteiger partial charge is 0.342 e. The second kappa shape index (κ2) is 9.20. The third-order valence-electron chi connectivity index (χ3n) is 5.60. The molecule has 0 aliphatic carbocycles. The van der Waals surface area contributed by atoms with E-state index in [1.807, 2.05) is 11.0 Å². The molecule has 0 bridgehead atoms. The summed E-state index contributed by atoms with van der Waals surface area (Å²) < 4.78 is 5.13. The van der Waals surface area contributed by atoms with E-state index in [-0.39, 0.29) is 11.8 Å². The summed E-state index contributed by atoms with van der Waals surface area (Å²) in [6.07, 6.45) is 3.85. The van der Waals surface area contributed by atoms with Gasteiger partial charge in [0.15, 0.2) is 5.82 Å². The van der Waals surface area contributed by atoms with Crippen LogP contribution in [0.3, 0.4) is 0 Å². The molecule has 30 heavy (non-hydrogen) atoms. The van der Waals surface area contributed by atoms with Crippen LogP contribution in [0.5, 0.6) is 0 Å². The fourth-order valence-corrected chi connectivity index (χ4v) is 4.17. The van der Waals surface area contributed by atoms with Crippen LogP contribution < -0.4 is 0 Å². The number of hydrogen-bond acceptors (Lipinski definition) is 5. The molecular weight excluding hydrogens is 376 g/mol. The van der Waals surface area contributed by atoms with Crippen LogP contribution in [0.4, 0.5) is 0 Å². The Labute approximate surface area is 177 Å². The Kier molecular flexibility index (Phi) is 6.21. The van der Waals surface area contributed by atoms with Gasteiger partial charge in [-0.3, -0.25) is 9.78 Å². The zero-order valence-electron chi connectivity index (χ0n) is 17.7. The van der Waals surface area contributed by atoms with Gasteiger partial charge >= 0.3 is 0 Å². The third kappa shape index (κ3) is 5.12. The number of pyridine rings is 1. The zero-order chi connectivity index (χ0) is 20.9. The van der Waals surface area contributed by atoms with Gasteiger partial charge in [0.2, 0.25) is 11.8 Å². The molecule has 1 fully saturated rings. The first-order chi connectivity index (χ1) is 14.6. The Balaban J connectivity index is 1.41. The van der Waals surface area contributed by atoms with Crippen LogP contribution in [0.15, 0.2) is 47.0 Å². The molecular formula is C24H28N4O2. The Hall–Kier alpha value is -3.02. The summed E-state index contributed by atoms with van der Waals surface area (Å²) in [5.41, 5.74) is 4.71. The van der Waals surface area contributed by atoms with Gasteiger partial charge in [-0.2, -0.15) is 4.98 Å². The average Bonchev–Trinajstić information content (AvgIpc) is 3.17. The third-order valence-corrected chi connectivity index (χ3v) is 5.60. The predicted molar refractivity (Wildman–Crippen MR) is 114 cm³/mol. The predicted octanol–water partition coefficient (Wildman–Crippen LogP) is 4.01. The summed E-state index contributed by atoms with van der Waals surface area (Å²) in [6.45, 7) is 5.37. The normalized spacial score (nSPS) is 16.6. The number of rotatable bonds is 6. The molecule has 1 atom stereocenters. The topological polar surface area (TPSA) is 72.1 Å². The number of benzene rings is 1. The molecule has 1 aliphatic rings. The number of carbonyl (C=O) groups is 1. The number of carbonyl (C=O) groups excluding carboxylic acids is 1. The molecule has 6 heteroatoms. The summed E-state index contributed by atoms with van der Waals surface area (Å²) in [5.74, 6) is 1.56. The van der Waals surface area contributed by atoms with E-state index in [1.54, 1.807) is 6.92 Å². The van der Waals surface area contributed by atoms with Crippen molar-refractivity contribution in [3.8, 4) is 0 Å². The average molecular weight is 405 g/mol. The minimum atomic E-state index is 0.146. The lowest BCUT2D eigenvalue weighted by Gasteiger charge is -2.33. The van der Waals surface area contributed by atoms with E-state index in [4.69, 9.17) is 9.51 Å². The maximum absolute atomic E-state index is 12.7. The lowest BCUT2D eigenvalue weighted by atomic mass is 9.92. The highest BCUT2D eigenvalue weighted by atomic mass is 16.5. The van der Waals surface area contributed by atoms with Crippen molar-refractivity contribution >= 4 is 5.91 Å². The number of piperidine rings is 1. The molecule has 1 amide bonds. The number of aryl methyl sites for hydroxylation is 3. The van der Waals surface area contributed by atoms with Crippen LogP contribution in [0.25, 0.3) is 0 Å². The first-order valence-electron chi connectivity index (χ1n) is 10.6. The number of likely N-dealkylation sites (tertiary alicyclic amines) is 1. The Bertz CT molecular complexity index is 999. The van der Waals surface area contributed by atoms with E-state index in [0.29, 0.717) is 24.6 Å². The standard InChI is InChI=1S/C24H28N4O2/c1-17-13-20(14-19-7-4-3-5-8-19)15-22(25-17)21-9-6-12-28(16-21)24(29)11-10-23-26-18(2)27-30-23/h3-5,7-8,13,15,21H,6,9-12,14,16H2,1-2H3/t21-/m0/s1. The van der Waals surface area contributed by atoms with E-state index in [9.17, 15) is 4.79 Å². The fraction of sp³-hybridized carbons (Fsp3) is 0.417. The molecule has 0 unspecified atom stereocenters. The lowest BCUT2D eigenvalue weighted by Crippen LogP contribution is -2.39. The minimum absolute atomic E-state index is 0.146. The molecule has 4 rings (SSSR count). The molecule has 2 aromatic heterocycles. The fourth-order valence-electron chi connectivity index (χ4n) is 4.17. The van der Waals surface area contributed by atoms with Crippen molar-refractivity contribution in [2.75, 3.05) is 13.1 Å². The molecule has 156 valence electrons. The monoisotopic (exact) mass is 404 g/mol. The molecule has 0 spiro atoms. The second-order valence-corrected chi connectivity index (χ2v) is 8.12. The van der Waals surface area contributed by atoms with Gasteiger partial charge < -0.3 is 9.42 Å². The first-order valence-corrected chi connectivity index (χ1v) is 10.6. The van der Waals surface area contributed by atoms with Crippen molar-refractivity contribution in [1.29, 1.82) is 0 Å². The van der Waals surface area contributed by atoms with Crippen LogP contribution in [0.2, 0.25) is 0 Å². The highest BCUT2D eigenvalue weighted by Crippen LogP contribution is 2.27. The lowest BCUT2D eigenvalue weighted by molar-refractivity contribution is -0.132. The van der Waals surface area contributed by atoms with Crippen molar-refractivity contribution in [2.24, 2.45) is 0 Å². The number of aromatic nitrogens is 3. The molecule has 1 aromatic carbocycles. The smallest absolute Gasteiger partial charge is 0.227 e. The van der Waals surface area contributed by atoms with Gasteiger partial charge in [-0.1, -0.05) is 35.5 Å². The van der Waals surface area contributed by atoms with E-state index < -0.39 is 0 Å². The second-order valence-electron chi connectivity index (χ2n) is 8.12. The molecule has 1 aliphatic heterocycles. The Morgan fingerprint density at radius 2 is 1.97 bits per heavy atom. The Morgan fingerprint density at radius 3 is 2.73 bits per heavy atom. The van der Waals surface area contributed by atoms with Crippen LogP contribution in [-0.2, 0) is 17.6 Å². The van der Waals surface area contributed by atoms with Crippen LogP contribution in [0, 0.1) is 13.8 Å². The number of amides is 1. The van der Waals surface area contributed by atoms with E-state index in [2.05, 4.69) is 53.5 Å². The van der Waals surface area contributed by atoms with Gasteiger partial charge in [-0.15, -0.1) is 0 Å². The van der Waals surface area contributed by atoms with E-state index >= 15 is 0 Å². The van der Waals surface area contributed by atoms with Crippen LogP contribution in [-0.4, -0.2) is 39.0 Å². The van der Waals surface area contributed by atoms with Crippen molar-refractivity contribution in [2.45, 2.75) is 51.9 Å². The minimum Gasteiger partial charge on any atom is -0.342 e. The maximum Gasteiger partial charge on any atom is 0.227 e. The number of hydrogen-bond donors (Lipinski definition) is 0. The highest BCUT2D eigenvalue weighted by Gasteiger charge is 2.26. The van der Waals surface area contributed by atoms with Gasteiger partial charge in [0.1, 0.15) is 0 Å². The van der Waals surface area contributed by atoms with Gasteiger partial charge in [0.05, 0.1) is 0 Å². The summed E-state index contributed by atoms with van der Waals surface area (Å²) >= 11 is 0. The molecule has 1 saturated heterocycles. The zero-order valence-corrected chi connectivity index (χ0v) is 17.7. The quantitative estimate of drug-likeness (QED) is 0.621. The van der Waals surface area contributed by atoms with Gasteiger partial charge in [0, 0.05) is 43.2 Å². The van der Waals surface area contributed by atoms with Crippen LogP contribution >= 0.6 is 0 Å². The summed E-state index contributed by atoms with van der Waals surface area (Å²) in [6, 6.07) is 14.9. The van der Waals surface area contributed by atoms with E-state index in [1.165, 1.54) is 11.1 Å². The van der Waals surface area contributed by atoms with Gasteiger partial charge in [-0.05, 0) is 56.4 Å². The van der Waals surface area contributed by atoms with Gasteiger partial charge in [0.25, 0.3) is 0 Å². The maximum atomic E-state index is 12.7. The molecule has 0 N–H and O–H groups in total. The van der Waals surface area contributed by atoms with Crippen molar-refractivity contribution < 1.29 is 9.32 Å². The summed E-state index contributed by atoms with van der Waals surface area (Å²) in [5, 5.41) is 3.79. The molecule has 0 radical (unpaired) electrons. The molecule has 0 saturated carbocycles. The summed E-state index contributed by atoms with van der Waals surface area (Å²) in [7, 11) is 0. The van der Waals surface area contributed by atoms with Gasteiger partial charge in [-0.25, -0.2) is 0 Å².